The number of carbonyl (C=O) groups is 2. The van der Waals surface area contributed by atoms with Gasteiger partial charge in [0.25, 0.3) is 0 Å². The van der Waals surface area contributed by atoms with Crippen LogP contribution in [-0.2, 0) is 4.79 Å². The van der Waals surface area contributed by atoms with E-state index in [0.717, 1.165) is 0 Å². The van der Waals surface area contributed by atoms with Crippen molar-refractivity contribution in [3.63, 3.8) is 0 Å². The Balaban J connectivity index is 3.73. The van der Waals surface area contributed by atoms with Gasteiger partial charge in [0.15, 0.2) is 0 Å². The number of hydrogen-bond acceptors (Lipinski definition) is 2. The van der Waals surface area contributed by atoms with Crippen molar-refractivity contribution in [1.82, 2.24) is 10.2 Å². The Hall–Kier alpha value is -1.06. The SMILES string of the molecule is CCN(C)C(=O)NC(C)=O. The third-order valence-corrected chi connectivity index (χ3v) is 1.10. The Bertz CT molecular complexity index is 145. The lowest BCUT2D eigenvalue weighted by Gasteiger charge is -2.13. The Morgan fingerprint density at radius 2 is 2.00 bits per heavy atom. The number of nitrogens with zero attached hydrogens (tertiary/aromatic N) is 1. The van der Waals surface area contributed by atoms with Crippen molar-refractivity contribution in [2.45, 2.75) is 13.8 Å². The quantitative estimate of drug-likeness (QED) is 0.571. The molecule has 0 aromatic heterocycles. The standard InChI is InChI=1S/C6H12N2O2/c1-4-8(3)6(10)7-5(2)9/h4H2,1-3H3,(H,7,9,10). The van der Waals surface area contributed by atoms with Crippen LogP contribution in [0.5, 0.6) is 0 Å². The monoisotopic (exact) mass is 144 g/mol. The molecule has 0 saturated heterocycles. The van der Waals surface area contributed by atoms with Gasteiger partial charge in [-0.15, -0.1) is 0 Å². The number of rotatable bonds is 1. The fourth-order valence-corrected chi connectivity index (χ4v) is 0.390. The van der Waals surface area contributed by atoms with Crippen LogP contribution in [-0.4, -0.2) is 30.4 Å². The summed E-state index contributed by atoms with van der Waals surface area (Å²) in [5.74, 6) is -0.328. The van der Waals surface area contributed by atoms with Gasteiger partial charge in [0.1, 0.15) is 0 Å². The molecule has 0 unspecified atom stereocenters. The van der Waals surface area contributed by atoms with Crippen LogP contribution in [0.2, 0.25) is 0 Å². The molecule has 0 heterocycles. The number of nitrogens with one attached hydrogen (secondary N) is 1. The molecule has 0 bridgehead atoms. The predicted octanol–water partition coefficient (Wildman–Crippen LogP) is 0.194. The zero-order valence-electron chi connectivity index (χ0n) is 6.47. The number of hydrogen-bond donors (Lipinski definition) is 1. The second-order valence-electron chi connectivity index (χ2n) is 2.00. The van der Waals surface area contributed by atoms with Gasteiger partial charge >= 0.3 is 6.03 Å². The minimum atomic E-state index is -0.352. The van der Waals surface area contributed by atoms with Gasteiger partial charge in [0, 0.05) is 20.5 Å². The van der Waals surface area contributed by atoms with Gasteiger partial charge in [-0.3, -0.25) is 10.1 Å². The van der Waals surface area contributed by atoms with E-state index in [4.69, 9.17) is 0 Å². The van der Waals surface area contributed by atoms with Crippen LogP contribution in [0.4, 0.5) is 4.79 Å². The van der Waals surface area contributed by atoms with Gasteiger partial charge in [-0.1, -0.05) is 0 Å². The van der Waals surface area contributed by atoms with Gasteiger partial charge in [-0.05, 0) is 6.92 Å². The Kier molecular flexibility index (Phi) is 3.46. The highest BCUT2D eigenvalue weighted by Crippen LogP contribution is 1.80. The zero-order chi connectivity index (χ0) is 8.15. The first-order chi connectivity index (χ1) is 4.57. The summed E-state index contributed by atoms with van der Waals surface area (Å²) in [6, 6.07) is -0.352. The summed E-state index contributed by atoms with van der Waals surface area (Å²) in [4.78, 5) is 22.5. The molecule has 1 N–H and O–H groups in total. The fourth-order valence-electron chi connectivity index (χ4n) is 0.390. The van der Waals surface area contributed by atoms with E-state index < -0.39 is 0 Å². The second kappa shape index (κ2) is 3.87. The molecule has 0 rings (SSSR count). The Morgan fingerprint density at radius 1 is 1.50 bits per heavy atom. The first-order valence-corrected chi connectivity index (χ1v) is 3.10. The van der Waals surface area contributed by atoms with Crippen LogP contribution < -0.4 is 5.32 Å². The van der Waals surface area contributed by atoms with E-state index in [1.807, 2.05) is 6.92 Å². The van der Waals surface area contributed by atoms with Crippen LogP contribution in [0, 0.1) is 0 Å². The maximum Gasteiger partial charge on any atom is 0.323 e. The van der Waals surface area contributed by atoms with Crippen LogP contribution in [0.15, 0.2) is 0 Å². The lowest BCUT2D eigenvalue weighted by atomic mass is 10.6. The third-order valence-electron chi connectivity index (χ3n) is 1.10. The molecule has 0 aliphatic rings. The van der Waals surface area contributed by atoms with Crippen LogP contribution in [0.25, 0.3) is 0 Å². The molecule has 0 saturated carbocycles. The summed E-state index contributed by atoms with van der Waals surface area (Å²) >= 11 is 0. The Labute approximate surface area is 60.2 Å². The average molecular weight is 144 g/mol. The van der Waals surface area contributed by atoms with Gasteiger partial charge in [-0.25, -0.2) is 4.79 Å². The summed E-state index contributed by atoms with van der Waals surface area (Å²) in [7, 11) is 1.62. The summed E-state index contributed by atoms with van der Waals surface area (Å²) in [6.45, 7) is 3.74. The molecule has 0 aliphatic heterocycles. The zero-order valence-corrected chi connectivity index (χ0v) is 6.47. The van der Waals surface area contributed by atoms with Crippen molar-refractivity contribution < 1.29 is 9.59 Å². The minimum absolute atomic E-state index is 0.328. The third kappa shape index (κ3) is 3.06. The van der Waals surface area contributed by atoms with E-state index in [-0.39, 0.29) is 11.9 Å². The van der Waals surface area contributed by atoms with E-state index in [2.05, 4.69) is 5.32 Å². The lowest BCUT2D eigenvalue weighted by Crippen LogP contribution is -2.39. The molecule has 0 radical (unpaired) electrons. The molecule has 0 aromatic carbocycles. The van der Waals surface area contributed by atoms with Crippen molar-refractivity contribution >= 4 is 11.9 Å². The van der Waals surface area contributed by atoms with Crippen molar-refractivity contribution in [2.75, 3.05) is 13.6 Å². The summed E-state index contributed by atoms with van der Waals surface area (Å²) in [6.07, 6.45) is 0. The largest absolute Gasteiger partial charge is 0.328 e. The van der Waals surface area contributed by atoms with Crippen molar-refractivity contribution in [3.8, 4) is 0 Å². The van der Waals surface area contributed by atoms with Gasteiger partial charge in [0.05, 0.1) is 0 Å². The van der Waals surface area contributed by atoms with Crippen molar-refractivity contribution in [1.29, 1.82) is 0 Å². The van der Waals surface area contributed by atoms with Crippen LogP contribution in [0.3, 0.4) is 0 Å². The molecule has 4 heteroatoms. The van der Waals surface area contributed by atoms with E-state index >= 15 is 0 Å². The molecule has 0 spiro atoms. The molecule has 0 fully saturated rings. The Morgan fingerprint density at radius 3 is 2.30 bits per heavy atom. The molecule has 10 heavy (non-hydrogen) atoms. The summed E-state index contributed by atoms with van der Waals surface area (Å²) in [5.41, 5.74) is 0. The first-order valence-electron chi connectivity index (χ1n) is 3.10. The molecular weight excluding hydrogens is 132 g/mol. The molecule has 0 aromatic rings. The van der Waals surface area contributed by atoms with E-state index in [1.54, 1.807) is 7.05 Å². The fraction of sp³-hybridized carbons (Fsp3) is 0.667. The predicted molar refractivity (Wildman–Crippen MR) is 37.5 cm³/mol. The van der Waals surface area contributed by atoms with Crippen molar-refractivity contribution in [2.24, 2.45) is 0 Å². The summed E-state index contributed by atoms with van der Waals surface area (Å²) in [5, 5.41) is 2.14. The van der Waals surface area contributed by atoms with E-state index in [0.29, 0.717) is 6.54 Å². The number of urea groups is 1. The van der Waals surface area contributed by atoms with Gasteiger partial charge in [0.2, 0.25) is 5.91 Å². The average Bonchev–Trinajstić information content (AvgIpc) is 1.85. The number of carbonyl (C=O) groups excluding carboxylic acids is 2. The highest BCUT2D eigenvalue weighted by Gasteiger charge is 2.05. The van der Waals surface area contributed by atoms with E-state index in [1.165, 1.54) is 11.8 Å². The second-order valence-corrected chi connectivity index (χ2v) is 2.00. The van der Waals surface area contributed by atoms with Gasteiger partial charge < -0.3 is 4.90 Å². The summed E-state index contributed by atoms with van der Waals surface area (Å²) < 4.78 is 0. The lowest BCUT2D eigenvalue weighted by molar-refractivity contribution is -0.118. The maximum absolute atomic E-state index is 10.8. The smallest absolute Gasteiger partial charge is 0.323 e. The number of amides is 3. The highest BCUT2D eigenvalue weighted by molar-refractivity contribution is 5.92. The molecular formula is C6H12N2O2. The molecule has 58 valence electrons. The normalized spacial score (nSPS) is 8.70. The van der Waals surface area contributed by atoms with Crippen LogP contribution in [0.1, 0.15) is 13.8 Å². The van der Waals surface area contributed by atoms with Gasteiger partial charge in [-0.2, -0.15) is 0 Å². The molecule has 4 nitrogen and oxygen atoms in total. The first kappa shape index (κ1) is 8.94. The molecule has 0 aliphatic carbocycles. The number of imide groups is 1. The molecule has 3 amide bonds. The topological polar surface area (TPSA) is 49.4 Å². The van der Waals surface area contributed by atoms with Crippen molar-refractivity contribution in [3.05, 3.63) is 0 Å². The highest BCUT2D eigenvalue weighted by atomic mass is 16.2. The van der Waals surface area contributed by atoms with E-state index in [9.17, 15) is 9.59 Å². The maximum atomic E-state index is 10.8. The minimum Gasteiger partial charge on any atom is -0.328 e. The molecule has 0 atom stereocenters. The van der Waals surface area contributed by atoms with Crippen LogP contribution >= 0.6 is 0 Å².